The van der Waals surface area contributed by atoms with Crippen molar-refractivity contribution in [2.75, 3.05) is 0 Å². The minimum atomic E-state index is -1.51. The van der Waals surface area contributed by atoms with E-state index >= 15 is 0 Å². The smallest absolute Gasteiger partial charge is 0.122 e. The summed E-state index contributed by atoms with van der Waals surface area (Å²) in [6, 6.07) is 12.4. The molecule has 0 saturated heterocycles. The molecule has 0 heterocycles. The molecule has 0 unspecified atom stereocenters. The van der Waals surface area contributed by atoms with Crippen molar-refractivity contribution >= 4 is 0 Å². The number of aromatic hydroxyl groups is 2. The average molecular weight is 302 g/mol. The van der Waals surface area contributed by atoms with Crippen LogP contribution in [-0.4, -0.2) is 20.4 Å². The van der Waals surface area contributed by atoms with E-state index in [1.165, 1.54) is 24.3 Å². The largest absolute Gasteiger partial charge is 0.508 e. The topological polar surface area (TPSA) is 80.9 Å². The van der Waals surface area contributed by atoms with Crippen molar-refractivity contribution in [3.05, 3.63) is 59.7 Å². The predicted molar refractivity (Wildman–Crippen MR) is 84.6 cm³/mol. The highest BCUT2D eigenvalue weighted by molar-refractivity contribution is 5.38. The molecule has 2 aromatic rings. The van der Waals surface area contributed by atoms with Crippen molar-refractivity contribution in [1.82, 2.24) is 0 Å². The molecular weight excluding hydrogens is 280 g/mol. The van der Waals surface area contributed by atoms with E-state index in [0.29, 0.717) is 24.0 Å². The average Bonchev–Trinajstić information content (AvgIpc) is 2.54. The molecule has 22 heavy (non-hydrogen) atoms. The fraction of sp³-hybridized carbons (Fsp3) is 0.333. The van der Waals surface area contributed by atoms with Gasteiger partial charge in [0.2, 0.25) is 0 Å². The molecule has 0 aromatic heterocycles. The van der Waals surface area contributed by atoms with Gasteiger partial charge in [0.15, 0.2) is 0 Å². The lowest BCUT2D eigenvalue weighted by Crippen LogP contribution is -2.48. The second-order valence-electron chi connectivity index (χ2n) is 5.52. The lowest BCUT2D eigenvalue weighted by Gasteiger charge is -2.43. The Hall–Kier alpha value is -2.04. The van der Waals surface area contributed by atoms with Crippen molar-refractivity contribution in [3.8, 4) is 11.5 Å². The van der Waals surface area contributed by atoms with Crippen LogP contribution in [0.1, 0.15) is 37.8 Å². The van der Waals surface area contributed by atoms with Gasteiger partial charge in [0.1, 0.15) is 22.7 Å². The summed E-state index contributed by atoms with van der Waals surface area (Å²) in [5.41, 5.74) is -1.95. The highest BCUT2D eigenvalue weighted by Gasteiger charge is 2.49. The lowest BCUT2D eigenvalue weighted by atomic mass is 9.70. The van der Waals surface area contributed by atoms with Crippen molar-refractivity contribution in [2.45, 2.75) is 37.9 Å². The molecule has 0 amide bonds. The zero-order valence-corrected chi connectivity index (χ0v) is 12.8. The zero-order valence-electron chi connectivity index (χ0n) is 12.8. The van der Waals surface area contributed by atoms with Gasteiger partial charge in [0, 0.05) is 0 Å². The summed E-state index contributed by atoms with van der Waals surface area (Å²) in [7, 11) is 0. The highest BCUT2D eigenvalue weighted by Crippen LogP contribution is 2.45. The molecule has 118 valence electrons. The third-order valence-corrected chi connectivity index (χ3v) is 4.40. The van der Waals surface area contributed by atoms with Crippen LogP contribution < -0.4 is 0 Å². The second-order valence-corrected chi connectivity index (χ2v) is 5.52. The van der Waals surface area contributed by atoms with E-state index in [1.807, 2.05) is 0 Å². The molecular formula is C18H22O4. The van der Waals surface area contributed by atoms with E-state index in [2.05, 4.69) is 0 Å². The van der Waals surface area contributed by atoms with E-state index in [4.69, 9.17) is 0 Å². The quantitative estimate of drug-likeness (QED) is 0.684. The number of hydrogen-bond acceptors (Lipinski definition) is 4. The fourth-order valence-electron chi connectivity index (χ4n) is 2.95. The maximum absolute atomic E-state index is 11.2. The molecule has 0 saturated carbocycles. The van der Waals surface area contributed by atoms with Crippen molar-refractivity contribution in [1.29, 1.82) is 0 Å². The summed E-state index contributed by atoms with van der Waals surface area (Å²) in [6.45, 7) is 3.60. The molecule has 4 nitrogen and oxygen atoms in total. The Labute approximate surface area is 130 Å². The SMILES string of the molecule is CC[C@@](O)(c1ccc(O)cc1)[C@@](O)(CC)c1ccc(O)cc1. The second kappa shape index (κ2) is 5.99. The van der Waals surface area contributed by atoms with Gasteiger partial charge >= 0.3 is 0 Å². The first-order valence-electron chi connectivity index (χ1n) is 7.41. The van der Waals surface area contributed by atoms with E-state index < -0.39 is 11.2 Å². The summed E-state index contributed by atoms with van der Waals surface area (Å²) >= 11 is 0. The fourth-order valence-corrected chi connectivity index (χ4v) is 2.95. The van der Waals surface area contributed by atoms with Gasteiger partial charge in [-0.25, -0.2) is 0 Å². The first kappa shape index (κ1) is 16.3. The van der Waals surface area contributed by atoms with E-state index in [1.54, 1.807) is 38.1 Å². The minimum absolute atomic E-state index is 0.104. The van der Waals surface area contributed by atoms with Crippen LogP contribution in [0.2, 0.25) is 0 Å². The van der Waals surface area contributed by atoms with E-state index in [-0.39, 0.29) is 11.5 Å². The van der Waals surface area contributed by atoms with Crippen LogP contribution in [0.5, 0.6) is 11.5 Å². The molecule has 0 bridgehead atoms. The molecule has 4 N–H and O–H groups in total. The summed E-state index contributed by atoms with van der Waals surface area (Å²) in [4.78, 5) is 0. The number of benzene rings is 2. The van der Waals surface area contributed by atoms with Crippen LogP contribution in [-0.2, 0) is 11.2 Å². The lowest BCUT2D eigenvalue weighted by molar-refractivity contribution is -0.169. The van der Waals surface area contributed by atoms with Crippen molar-refractivity contribution in [2.24, 2.45) is 0 Å². The predicted octanol–water partition coefficient (Wildman–Crippen LogP) is 2.99. The highest BCUT2D eigenvalue weighted by atomic mass is 16.4. The molecule has 0 aliphatic heterocycles. The minimum Gasteiger partial charge on any atom is -0.508 e. The Morgan fingerprint density at radius 3 is 1.14 bits per heavy atom. The Kier molecular flexibility index (Phi) is 4.44. The first-order chi connectivity index (χ1) is 10.4. The number of hydrogen-bond donors (Lipinski definition) is 4. The van der Waals surface area contributed by atoms with Gasteiger partial charge < -0.3 is 20.4 Å². The molecule has 4 heteroatoms. The molecule has 0 radical (unpaired) electrons. The number of rotatable bonds is 5. The third kappa shape index (κ3) is 2.56. The molecule has 2 aromatic carbocycles. The van der Waals surface area contributed by atoms with E-state index in [0.717, 1.165) is 0 Å². The van der Waals surface area contributed by atoms with E-state index in [9.17, 15) is 20.4 Å². The standard InChI is InChI=1S/C18H22O4/c1-3-17(21,13-5-9-15(19)10-6-13)18(22,4-2)14-7-11-16(20)12-8-14/h5-12,19-22H,3-4H2,1-2H3/t17-,18-/m1/s1. The molecule has 0 spiro atoms. The number of aliphatic hydroxyl groups is 2. The molecule has 0 aliphatic carbocycles. The van der Waals surface area contributed by atoms with Gasteiger partial charge in [0.25, 0.3) is 0 Å². The molecule has 2 rings (SSSR count). The Bertz CT molecular complexity index is 563. The summed E-state index contributed by atoms with van der Waals surface area (Å²) in [5.74, 6) is 0.207. The molecule has 2 atom stereocenters. The van der Waals surface area contributed by atoms with Crippen molar-refractivity contribution < 1.29 is 20.4 Å². The first-order valence-corrected chi connectivity index (χ1v) is 7.41. The zero-order chi connectivity index (χ0) is 16.4. The summed E-state index contributed by atoms with van der Waals surface area (Å²) in [5, 5.41) is 41.3. The van der Waals surface area contributed by atoms with Gasteiger partial charge in [-0.2, -0.15) is 0 Å². The molecule has 0 fully saturated rings. The third-order valence-electron chi connectivity index (χ3n) is 4.40. The monoisotopic (exact) mass is 302 g/mol. The van der Waals surface area contributed by atoms with Gasteiger partial charge in [-0.05, 0) is 48.2 Å². The van der Waals surface area contributed by atoms with Gasteiger partial charge in [-0.1, -0.05) is 38.1 Å². The van der Waals surface area contributed by atoms with Crippen molar-refractivity contribution in [3.63, 3.8) is 0 Å². The van der Waals surface area contributed by atoms with Gasteiger partial charge in [-0.3, -0.25) is 0 Å². The maximum Gasteiger partial charge on any atom is 0.122 e. The Morgan fingerprint density at radius 2 is 0.909 bits per heavy atom. The number of phenolic OH excluding ortho intramolecular Hbond substituents is 2. The van der Waals surface area contributed by atoms with Gasteiger partial charge in [0.05, 0.1) is 0 Å². The molecule has 0 aliphatic rings. The Balaban J connectivity index is 2.57. The normalized spacial score (nSPS) is 16.7. The van der Waals surface area contributed by atoms with Crippen LogP contribution in [0, 0.1) is 0 Å². The van der Waals surface area contributed by atoms with Crippen LogP contribution in [0.3, 0.4) is 0 Å². The van der Waals surface area contributed by atoms with Crippen LogP contribution >= 0.6 is 0 Å². The van der Waals surface area contributed by atoms with Crippen LogP contribution in [0.25, 0.3) is 0 Å². The van der Waals surface area contributed by atoms with Crippen LogP contribution in [0.4, 0.5) is 0 Å². The van der Waals surface area contributed by atoms with Gasteiger partial charge in [-0.15, -0.1) is 0 Å². The summed E-state index contributed by atoms with van der Waals surface area (Å²) in [6.07, 6.45) is 0.589. The number of phenols is 2. The van der Waals surface area contributed by atoms with Crippen LogP contribution in [0.15, 0.2) is 48.5 Å². The maximum atomic E-state index is 11.2. The summed E-state index contributed by atoms with van der Waals surface area (Å²) < 4.78 is 0. The Morgan fingerprint density at radius 1 is 0.636 bits per heavy atom.